The Morgan fingerprint density at radius 3 is 2.85 bits per heavy atom. The number of hydrazone groups is 1. The van der Waals surface area contributed by atoms with Crippen LogP contribution in [-0.4, -0.2) is 68.0 Å². The first kappa shape index (κ1) is 18.4. The van der Waals surface area contributed by atoms with E-state index in [-0.39, 0.29) is 17.8 Å². The Kier molecular flexibility index (Phi) is 5.56. The van der Waals surface area contributed by atoms with E-state index in [1.54, 1.807) is 24.0 Å². The van der Waals surface area contributed by atoms with Crippen molar-refractivity contribution in [2.24, 2.45) is 11.0 Å². The van der Waals surface area contributed by atoms with Gasteiger partial charge in [0.2, 0.25) is 0 Å². The standard InChI is InChI=1S/C19H26N4O3/c1-4-26-19(25)14-8-7-11-22(12-14)13-23-16-10-6-5-9-15(16)17(18(23)24)20-21(2)3/h5-6,9-10,14H,4,7-8,11-13H2,1-3H3/b20-17+. The molecule has 2 aliphatic heterocycles. The zero-order valence-corrected chi connectivity index (χ0v) is 15.6. The Morgan fingerprint density at radius 1 is 1.35 bits per heavy atom. The molecule has 1 unspecified atom stereocenters. The molecule has 7 nitrogen and oxygen atoms in total. The van der Waals surface area contributed by atoms with Crippen LogP contribution < -0.4 is 4.90 Å². The number of ether oxygens (including phenoxy) is 1. The SMILES string of the molecule is CCOC(=O)C1CCCN(CN2C(=O)/C(=N/N(C)C)c3ccccc32)C1. The van der Waals surface area contributed by atoms with E-state index in [1.807, 2.05) is 31.2 Å². The predicted octanol–water partition coefficient (Wildman–Crippen LogP) is 1.53. The molecular weight excluding hydrogens is 332 g/mol. The number of para-hydroxylation sites is 1. The van der Waals surface area contributed by atoms with Crippen LogP contribution in [0.4, 0.5) is 5.69 Å². The minimum Gasteiger partial charge on any atom is -0.466 e. The van der Waals surface area contributed by atoms with Gasteiger partial charge < -0.3 is 9.75 Å². The molecule has 0 radical (unpaired) electrons. The van der Waals surface area contributed by atoms with Crippen LogP contribution in [0.25, 0.3) is 0 Å². The molecule has 1 saturated heterocycles. The van der Waals surface area contributed by atoms with Crippen LogP contribution in [0.15, 0.2) is 29.4 Å². The number of piperidine rings is 1. The largest absolute Gasteiger partial charge is 0.466 e. The fourth-order valence-electron chi connectivity index (χ4n) is 3.54. The Balaban J connectivity index is 1.77. The normalized spacial score (nSPS) is 21.8. The quantitative estimate of drug-likeness (QED) is 0.590. The molecule has 0 saturated carbocycles. The van der Waals surface area contributed by atoms with Gasteiger partial charge in [0.05, 0.1) is 24.9 Å². The van der Waals surface area contributed by atoms with E-state index < -0.39 is 0 Å². The molecule has 3 rings (SSSR count). The third-order valence-electron chi connectivity index (χ3n) is 4.66. The zero-order valence-electron chi connectivity index (χ0n) is 15.6. The maximum Gasteiger partial charge on any atom is 0.310 e. The highest BCUT2D eigenvalue weighted by atomic mass is 16.5. The number of carbonyl (C=O) groups excluding carboxylic acids is 2. The van der Waals surface area contributed by atoms with Crippen LogP contribution in [0.5, 0.6) is 0 Å². The molecule has 0 spiro atoms. The Labute approximate surface area is 154 Å². The van der Waals surface area contributed by atoms with Gasteiger partial charge in [0.25, 0.3) is 5.91 Å². The molecule has 140 valence electrons. The van der Waals surface area contributed by atoms with E-state index in [0.717, 1.165) is 30.6 Å². The summed E-state index contributed by atoms with van der Waals surface area (Å²) < 4.78 is 5.17. The number of fused-ring (bicyclic) bond motifs is 1. The molecule has 0 aliphatic carbocycles. The third-order valence-corrected chi connectivity index (χ3v) is 4.66. The van der Waals surface area contributed by atoms with E-state index in [4.69, 9.17) is 4.74 Å². The number of hydrogen-bond donors (Lipinski definition) is 0. The number of carbonyl (C=O) groups is 2. The van der Waals surface area contributed by atoms with Crippen molar-refractivity contribution in [3.63, 3.8) is 0 Å². The highest BCUT2D eigenvalue weighted by molar-refractivity contribution is 6.54. The van der Waals surface area contributed by atoms with Gasteiger partial charge in [-0.15, -0.1) is 0 Å². The molecule has 1 amide bonds. The van der Waals surface area contributed by atoms with Gasteiger partial charge in [0.15, 0.2) is 5.71 Å². The number of nitrogens with zero attached hydrogens (tertiary/aromatic N) is 4. The fourth-order valence-corrected chi connectivity index (χ4v) is 3.54. The van der Waals surface area contributed by atoms with Crippen LogP contribution >= 0.6 is 0 Å². The maximum atomic E-state index is 12.9. The minimum absolute atomic E-state index is 0.0989. The number of benzene rings is 1. The smallest absolute Gasteiger partial charge is 0.310 e. The molecule has 2 heterocycles. The summed E-state index contributed by atoms with van der Waals surface area (Å²) in [6.45, 7) is 4.16. The number of likely N-dealkylation sites (tertiary alicyclic amines) is 1. The van der Waals surface area contributed by atoms with Crippen molar-refractivity contribution >= 4 is 23.3 Å². The molecule has 0 N–H and O–H groups in total. The maximum absolute atomic E-state index is 12.9. The molecule has 1 aromatic carbocycles. The summed E-state index contributed by atoms with van der Waals surface area (Å²) in [5.74, 6) is -0.357. The van der Waals surface area contributed by atoms with Crippen LogP contribution in [-0.2, 0) is 14.3 Å². The van der Waals surface area contributed by atoms with Gasteiger partial charge in [-0.25, -0.2) is 0 Å². The zero-order chi connectivity index (χ0) is 18.7. The van der Waals surface area contributed by atoms with Gasteiger partial charge in [-0.1, -0.05) is 18.2 Å². The summed E-state index contributed by atoms with van der Waals surface area (Å²) in [4.78, 5) is 28.9. The summed E-state index contributed by atoms with van der Waals surface area (Å²) >= 11 is 0. The minimum atomic E-state index is -0.139. The molecule has 1 atom stereocenters. The van der Waals surface area contributed by atoms with E-state index in [0.29, 0.717) is 25.5 Å². The molecule has 1 aromatic rings. The summed E-state index contributed by atoms with van der Waals surface area (Å²) in [6.07, 6.45) is 1.76. The summed E-state index contributed by atoms with van der Waals surface area (Å²) in [5, 5.41) is 6.02. The van der Waals surface area contributed by atoms with Crippen molar-refractivity contribution in [2.45, 2.75) is 19.8 Å². The molecule has 26 heavy (non-hydrogen) atoms. The third kappa shape index (κ3) is 3.72. The van der Waals surface area contributed by atoms with Gasteiger partial charge in [-0.2, -0.15) is 5.10 Å². The van der Waals surface area contributed by atoms with Gasteiger partial charge in [0, 0.05) is 26.2 Å². The van der Waals surface area contributed by atoms with Gasteiger partial charge >= 0.3 is 5.97 Å². The molecule has 7 heteroatoms. The van der Waals surface area contributed by atoms with Crippen molar-refractivity contribution in [1.29, 1.82) is 0 Å². The van der Waals surface area contributed by atoms with E-state index in [1.165, 1.54) is 0 Å². The van der Waals surface area contributed by atoms with Crippen molar-refractivity contribution in [3.8, 4) is 0 Å². The van der Waals surface area contributed by atoms with E-state index in [9.17, 15) is 9.59 Å². The van der Waals surface area contributed by atoms with Crippen molar-refractivity contribution in [3.05, 3.63) is 29.8 Å². The van der Waals surface area contributed by atoms with Crippen LogP contribution in [0.1, 0.15) is 25.3 Å². The summed E-state index contributed by atoms with van der Waals surface area (Å²) in [6, 6.07) is 7.71. The second-order valence-corrected chi connectivity index (χ2v) is 6.86. The lowest BCUT2D eigenvalue weighted by Crippen LogP contribution is -2.47. The van der Waals surface area contributed by atoms with Crippen LogP contribution in [0, 0.1) is 5.92 Å². The van der Waals surface area contributed by atoms with Gasteiger partial charge in [-0.3, -0.25) is 19.4 Å². The molecule has 1 fully saturated rings. The van der Waals surface area contributed by atoms with E-state index in [2.05, 4.69) is 10.0 Å². The number of amides is 1. The monoisotopic (exact) mass is 358 g/mol. The van der Waals surface area contributed by atoms with Crippen LogP contribution in [0.2, 0.25) is 0 Å². The van der Waals surface area contributed by atoms with Crippen molar-refractivity contribution < 1.29 is 14.3 Å². The van der Waals surface area contributed by atoms with Crippen molar-refractivity contribution in [2.75, 3.05) is 45.4 Å². The predicted molar refractivity (Wildman–Crippen MR) is 99.9 cm³/mol. The summed E-state index contributed by atoms with van der Waals surface area (Å²) in [5.41, 5.74) is 2.19. The lowest BCUT2D eigenvalue weighted by Gasteiger charge is -2.34. The number of hydrogen-bond acceptors (Lipinski definition) is 6. The highest BCUT2D eigenvalue weighted by Crippen LogP contribution is 2.30. The highest BCUT2D eigenvalue weighted by Gasteiger charge is 2.36. The lowest BCUT2D eigenvalue weighted by molar-refractivity contribution is -0.149. The summed E-state index contributed by atoms with van der Waals surface area (Å²) in [7, 11) is 3.61. The van der Waals surface area contributed by atoms with Crippen molar-refractivity contribution in [1.82, 2.24) is 9.91 Å². The first-order valence-electron chi connectivity index (χ1n) is 9.07. The number of anilines is 1. The average Bonchev–Trinajstić information content (AvgIpc) is 2.88. The molecule has 0 bridgehead atoms. The first-order valence-corrected chi connectivity index (χ1v) is 9.07. The Morgan fingerprint density at radius 2 is 2.12 bits per heavy atom. The first-order chi connectivity index (χ1) is 12.5. The molecular formula is C19H26N4O3. The second kappa shape index (κ2) is 7.86. The molecule has 2 aliphatic rings. The second-order valence-electron chi connectivity index (χ2n) is 6.86. The van der Waals surface area contributed by atoms with Gasteiger partial charge in [-0.05, 0) is 32.4 Å². The average molecular weight is 358 g/mol. The van der Waals surface area contributed by atoms with E-state index >= 15 is 0 Å². The number of rotatable bonds is 5. The fraction of sp³-hybridized carbons (Fsp3) is 0.526. The Bertz CT molecular complexity index is 716. The topological polar surface area (TPSA) is 65.5 Å². The van der Waals surface area contributed by atoms with Gasteiger partial charge in [0.1, 0.15) is 0 Å². The number of esters is 1. The Hall–Kier alpha value is -2.41. The molecule has 0 aromatic heterocycles. The lowest BCUT2D eigenvalue weighted by atomic mass is 9.98. The van der Waals surface area contributed by atoms with Crippen LogP contribution in [0.3, 0.4) is 0 Å².